The molecule has 1 aromatic carbocycles. The Balaban J connectivity index is 1.46. The molecule has 1 nitrogen and oxygen atoms in total. The average Bonchev–Trinajstić information content (AvgIpc) is 2.69. The van der Waals surface area contributed by atoms with Crippen LogP contribution in [0.3, 0.4) is 0 Å². The molecule has 0 unspecified atom stereocenters. The van der Waals surface area contributed by atoms with Crippen LogP contribution in [0.5, 0.6) is 0 Å². The molecule has 0 aliphatic heterocycles. The van der Waals surface area contributed by atoms with Gasteiger partial charge in [-0.05, 0) is 92.7 Å². The van der Waals surface area contributed by atoms with E-state index in [9.17, 15) is 8.78 Å². The van der Waals surface area contributed by atoms with E-state index in [1.807, 2.05) is 12.1 Å². The molecule has 1 aromatic rings. The lowest BCUT2D eigenvalue weighted by atomic mass is 9.68. The number of allylic oxidation sites excluding steroid dienone is 1. The van der Waals surface area contributed by atoms with Crippen LogP contribution in [0.1, 0.15) is 81.3 Å². The summed E-state index contributed by atoms with van der Waals surface area (Å²) in [7, 11) is 0. The summed E-state index contributed by atoms with van der Waals surface area (Å²) in [6.45, 7) is 0. The summed E-state index contributed by atoms with van der Waals surface area (Å²) in [5.74, 6) is 2.51. The van der Waals surface area contributed by atoms with Crippen LogP contribution >= 0.6 is 0 Å². The molecule has 0 heterocycles. The van der Waals surface area contributed by atoms with Crippen LogP contribution in [-0.4, -0.2) is 0 Å². The monoisotopic (exact) mass is 357 g/mol. The molecule has 0 saturated heterocycles. The number of halogens is 2. The summed E-state index contributed by atoms with van der Waals surface area (Å²) in [5.41, 5.74) is 1.20. The predicted molar refractivity (Wildman–Crippen MR) is 101 cm³/mol. The van der Waals surface area contributed by atoms with Crippen molar-refractivity contribution >= 4 is 0 Å². The van der Waals surface area contributed by atoms with Gasteiger partial charge in [-0.3, -0.25) is 0 Å². The molecule has 0 radical (unpaired) electrons. The minimum absolute atomic E-state index is 0.140. The van der Waals surface area contributed by atoms with Crippen molar-refractivity contribution in [3.63, 3.8) is 0 Å². The Labute approximate surface area is 156 Å². The zero-order chi connectivity index (χ0) is 18.4. The molecule has 0 spiro atoms. The highest BCUT2D eigenvalue weighted by Crippen LogP contribution is 2.44. The SMILES string of the molecule is N#Cc1ccc([C@H]2CC[C@H]([C@H]3CC[C@H](CCC=CF)CC3)CC2)cc1F. The van der Waals surface area contributed by atoms with Gasteiger partial charge in [-0.25, -0.2) is 8.78 Å². The molecule has 0 N–H and O–H groups in total. The Morgan fingerprint density at radius 3 is 2.23 bits per heavy atom. The molecule has 140 valence electrons. The van der Waals surface area contributed by atoms with Gasteiger partial charge < -0.3 is 0 Å². The van der Waals surface area contributed by atoms with Gasteiger partial charge in [0.05, 0.1) is 11.9 Å². The molecular formula is C23H29F2N. The number of nitrogens with zero attached hydrogens (tertiary/aromatic N) is 1. The fraction of sp³-hybridized carbons (Fsp3) is 0.609. The minimum atomic E-state index is -0.381. The molecule has 2 aliphatic rings. The van der Waals surface area contributed by atoms with Crippen molar-refractivity contribution < 1.29 is 8.78 Å². The molecule has 0 bridgehead atoms. The Hall–Kier alpha value is -1.69. The Morgan fingerprint density at radius 1 is 1.00 bits per heavy atom. The van der Waals surface area contributed by atoms with E-state index in [2.05, 4.69) is 0 Å². The van der Waals surface area contributed by atoms with Crippen molar-refractivity contribution in [2.75, 3.05) is 0 Å². The molecular weight excluding hydrogens is 328 g/mol. The van der Waals surface area contributed by atoms with Gasteiger partial charge in [-0.1, -0.05) is 25.0 Å². The summed E-state index contributed by atoms with van der Waals surface area (Å²) < 4.78 is 25.9. The second-order valence-corrected chi connectivity index (χ2v) is 8.18. The number of rotatable bonds is 5. The molecule has 0 atom stereocenters. The molecule has 2 saturated carbocycles. The quantitative estimate of drug-likeness (QED) is 0.554. The fourth-order valence-electron chi connectivity index (χ4n) is 5.14. The van der Waals surface area contributed by atoms with Gasteiger partial charge in [0.1, 0.15) is 11.9 Å². The van der Waals surface area contributed by atoms with E-state index in [1.54, 1.807) is 18.2 Å². The van der Waals surface area contributed by atoms with Gasteiger partial charge in [0.15, 0.2) is 0 Å². The molecule has 3 heteroatoms. The molecule has 0 amide bonds. The van der Waals surface area contributed by atoms with Crippen molar-refractivity contribution in [1.29, 1.82) is 5.26 Å². The second-order valence-electron chi connectivity index (χ2n) is 8.18. The molecule has 2 aliphatic carbocycles. The Bertz CT molecular complexity index is 645. The van der Waals surface area contributed by atoms with Crippen molar-refractivity contribution in [3.05, 3.63) is 47.5 Å². The number of hydrogen-bond acceptors (Lipinski definition) is 1. The van der Waals surface area contributed by atoms with Gasteiger partial charge in [0.2, 0.25) is 0 Å². The lowest BCUT2D eigenvalue weighted by molar-refractivity contribution is 0.157. The maximum Gasteiger partial charge on any atom is 0.141 e. The fourth-order valence-corrected chi connectivity index (χ4v) is 5.14. The van der Waals surface area contributed by atoms with E-state index in [4.69, 9.17) is 5.26 Å². The first-order valence-electron chi connectivity index (χ1n) is 10.2. The van der Waals surface area contributed by atoms with Crippen LogP contribution in [0.2, 0.25) is 0 Å². The number of benzene rings is 1. The predicted octanol–water partition coefficient (Wildman–Crippen LogP) is 7.04. The van der Waals surface area contributed by atoms with Gasteiger partial charge in [0.25, 0.3) is 0 Å². The third kappa shape index (κ3) is 4.72. The third-order valence-electron chi connectivity index (χ3n) is 6.75. The van der Waals surface area contributed by atoms with Crippen LogP contribution in [0, 0.1) is 34.9 Å². The zero-order valence-corrected chi connectivity index (χ0v) is 15.5. The highest BCUT2D eigenvalue weighted by molar-refractivity contribution is 5.34. The third-order valence-corrected chi connectivity index (χ3v) is 6.75. The van der Waals surface area contributed by atoms with Crippen molar-refractivity contribution in [3.8, 4) is 6.07 Å². The zero-order valence-electron chi connectivity index (χ0n) is 15.5. The number of hydrogen-bond donors (Lipinski definition) is 0. The molecule has 3 rings (SSSR count). The standard InChI is InChI=1S/C23H29F2N/c24-14-2-1-3-17-4-6-18(7-5-17)19-8-10-20(11-9-19)21-12-13-22(16-26)23(25)15-21/h2,12-15,17-20H,1,3-11H2/t17-,18-,19-,20-. The van der Waals surface area contributed by atoms with Crippen molar-refractivity contribution in [2.45, 2.75) is 70.1 Å². The minimum Gasteiger partial charge on any atom is -0.216 e. The molecule has 0 aromatic heterocycles. The maximum absolute atomic E-state index is 13.9. The maximum atomic E-state index is 13.9. The second kappa shape index (κ2) is 9.31. The van der Waals surface area contributed by atoms with Crippen LogP contribution in [-0.2, 0) is 0 Å². The largest absolute Gasteiger partial charge is 0.216 e. The van der Waals surface area contributed by atoms with Crippen molar-refractivity contribution in [2.24, 2.45) is 17.8 Å². The summed E-state index contributed by atoms with van der Waals surface area (Å²) in [4.78, 5) is 0. The first-order valence-corrected chi connectivity index (χ1v) is 10.2. The van der Waals surface area contributed by atoms with E-state index in [0.717, 1.165) is 49.0 Å². The molecule has 26 heavy (non-hydrogen) atoms. The van der Waals surface area contributed by atoms with E-state index in [0.29, 0.717) is 12.2 Å². The van der Waals surface area contributed by atoms with Gasteiger partial charge in [0, 0.05) is 0 Å². The van der Waals surface area contributed by atoms with E-state index in [-0.39, 0.29) is 11.4 Å². The Morgan fingerprint density at radius 2 is 1.65 bits per heavy atom. The van der Waals surface area contributed by atoms with Gasteiger partial charge in [-0.2, -0.15) is 5.26 Å². The molecule has 2 fully saturated rings. The summed E-state index contributed by atoms with van der Waals surface area (Å²) in [6, 6.07) is 7.02. The summed E-state index contributed by atoms with van der Waals surface area (Å²) in [6.07, 6.45) is 14.3. The summed E-state index contributed by atoms with van der Waals surface area (Å²) >= 11 is 0. The first-order chi connectivity index (χ1) is 12.7. The normalized spacial score (nSPS) is 29.6. The van der Waals surface area contributed by atoms with E-state index in [1.165, 1.54) is 38.5 Å². The lowest BCUT2D eigenvalue weighted by Gasteiger charge is -2.38. The topological polar surface area (TPSA) is 23.8 Å². The smallest absolute Gasteiger partial charge is 0.141 e. The van der Waals surface area contributed by atoms with Crippen LogP contribution in [0.4, 0.5) is 8.78 Å². The highest BCUT2D eigenvalue weighted by Gasteiger charge is 2.31. The first kappa shape index (κ1) is 19.1. The van der Waals surface area contributed by atoms with Crippen LogP contribution < -0.4 is 0 Å². The lowest BCUT2D eigenvalue weighted by Crippen LogP contribution is -2.25. The number of nitriles is 1. The van der Waals surface area contributed by atoms with Crippen molar-refractivity contribution in [1.82, 2.24) is 0 Å². The van der Waals surface area contributed by atoms with Gasteiger partial charge in [-0.15, -0.1) is 0 Å². The average molecular weight is 357 g/mol. The van der Waals surface area contributed by atoms with Crippen LogP contribution in [0.25, 0.3) is 0 Å². The Kier molecular flexibility index (Phi) is 6.83. The van der Waals surface area contributed by atoms with E-state index < -0.39 is 0 Å². The van der Waals surface area contributed by atoms with E-state index >= 15 is 0 Å². The highest BCUT2D eigenvalue weighted by atomic mass is 19.1. The van der Waals surface area contributed by atoms with Crippen LogP contribution in [0.15, 0.2) is 30.6 Å². The summed E-state index contributed by atoms with van der Waals surface area (Å²) in [5, 5.41) is 8.87. The van der Waals surface area contributed by atoms with Gasteiger partial charge >= 0.3 is 0 Å².